The molecule has 2 aromatic rings. The van der Waals surface area contributed by atoms with E-state index >= 15 is 0 Å². The summed E-state index contributed by atoms with van der Waals surface area (Å²) in [4.78, 5) is 23.5. The third kappa shape index (κ3) is 4.49. The fourth-order valence-corrected chi connectivity index (χ4v) is 3.09. The van der Waals surface area contributed by atoms with Crippen molar-refractivity contribution in [2.24, 2.45) is 5.92 Å². The van der Waals surface area contributed by atoms with Crippen LogP contribution >= 0.6 is 0 Å². The summed E-state index contributed by atoms with van der Waals surface area (Å²) in [5, 5.41) is 16.4. The van der Waals surface area contributed by atoms with Crippen LogP contribution in [0.25, 0.3) is 0 Å². The molecule has 7 nitrogen and oxygen atoms in total. The average Bonchev–Trinajstić information content (AvgIpc) is 3.09. The first-order valence-corrected chi connectivity index (χ1v) is 8.72. The van der Waals surface area contributed by atoms with Gasteiger partial charge in [-0.15, -0.1) is 0 Å². The topological polar surface area (TPSA) is 93.5 Å². The number of aliphatic carboxylic acids is 1. The highest BCUT2D eigenvalue weighted by molar-refractivity contribution is 5.75. The normalized spacial score (nSPS) is 19.9. The van der Waals surface area contributed by atoms with E-state index in [0.717, 1.165) is 12.0 Å². The van der Waals surface area contributed by atoms with Crippen LogP contribution in [0.1, 0.15) is 35.6 Å². The lowest BCUT2D eigenvalue weighted by molar-refractivity contribution is -0.152. The number of carbonyl (C=O) groups is 2. The number of amides is 1. The third-order valence-electron chi connectivity index (χ3n) is 4.54. The molecule has 1 aliphatic rings. The Hall–Kier alpha value is -2.67. The largest absolute Gasteiger partial charge is 0.481 e. The molecule has 26 heavy (non-hydrogen) atoms. The lowest BCUT2D eigenvalue weighted by Crippen LogP contribution is -2.29. The molecule has 1 saturated heterocycles. The second-order valence-electron chi connectivity index (χ2n) is 6.61. The molecule has 3 rings (SSSR count). The van der Waals surface area contributed by atoms with E-state index in [0.29, 0.717) is 25.1 Å². The van der Waals surface area contributed by atoms with Crippen LogP contribution in [-0.4, -0.2) is 33.4 Å². The van der Waals surface area contributed by atoms with E-state index in [1.165, 1.54) is 10.2 Å². The minimum Gasteiger partial charge on any atom is -0.481 e. The average molecular weight is 357 g/mol. The Labute approximate surface area is 152 Å². The quantitative estimate of drug-likeness (QED) is 0.825. The first-order valence-electron chi connectivity index (χ1n) is 8.72. The molecule has 0 aliphatic carbocycles. The predicted molar refractivity (Wildman–Crippen MR) is 94.3 cm³/mol. The molecule has 0 radical (unpaired) electrons. The molecule has 1 amide bonds. The van der Waals surface area contributed by atoms with Crippen molar-refractivity contribution in [1.82, 2.24) is 15.1 Å². The number of nitrogens with one attached hydrogen (secondary N) is 1. The van der Waals surface area contributed by atoms with E-state index in [1.807, 2.05) is 31.2 Å². The summed E-state index contributed by atoms with van der Waals surface area (Å²) in [6.45, 7) is 3.09. The van der Waals surface area contributed by atoms with Crippen LogP contribution in [0, 0.1) is 12.8 Å². The van der Waals surface area contributed by atoms with Gasteiger partial charge in [0.1, 0.15) is 6.54 Å². The molecule has 0 spiro atoms. The van der Waals surface area contributed by atoms with Gasteiger partial charge in [0.05, 0.1) is 18.2 Å². The Morgan fingerprint density at radius 3 is 2.85 bits per heavy atom. The minimum atomic E-state index is -0.863. The van der Waals surface area contributed by atoms with Crippen molar-refractivity contribution < 1.29 is 19.4 Å². The fourth-order valence-electron chi connectivity index (χ4n) is 3.09. The number of ether oxygens (including phenoxy) is 1. The van der Waals surface area contributed by atoms with Crippen molar-refractivity contribution in [3.05, 3.63) is 53.3 Å². The number of carboxylic acid groups (broad SMARTS) is 1. The fraction of sp³-hybridized carbons (Fsp3) is 0.421. The predicted octanol–water partition coefficient (Wildman–Crippen LogP) is 2.06. The zero-order valence-electron chi connectivity index (χ0n) is 14.7. The van der Waals surface area contributed by atoms with Gasteiger partial charge in [-0.3, -0.25) is 14.3 Å². The van der Waals surface area contributed by atoms with Crippen LogP contribution in [0.2, 0.25) is 0 Å². The number of rotatable bonds is 6. The third-order valence-corrected chi connectivity index (χ3v) is 4.54. The van der Waals surface area contributed by atoms with Gasteiger partial charge in [-0.2, -0.15) is 5.10 Å². The van der Waals surface area contributed by atoms with Crippen LogP contribution in [0.4, 0.5) is 0 Å². The summed E-state index contributed by atoms with van der Waals surface area (Å²) < 4.78 is 7.15. The summed E-state index contributed by atoms with van der Waals surface area (Å²) in [5.74, 6) is -1.59. The molecule has 1 aromatic carbocycles. The van der Waals surface area contributed by atoms with Gasteiger partial charge in [0.25, 0.3) is 0 Å². The number of nitrogens with zero attached hydrogens (tertiary/aromatic N) is 2. The van der Waals surface area contributed by atoms with Crippen LogP contribution in [0.3, 0.4) is 0 Å². The second-order valence-corrected chi connectivity index (χ2v) is 6.61. The highest BCUT2D eigenvalue weighted by atomic mass is 16.5. The van der Waals surface area contributed by atoms with E-state index in [9.17, 15) is 14.7 Å². The maximum Gasteiger partial charge on any atom is 0.309 e. The van der Waals surface area contributed by atoms with Crippen LogP contribution in [-0.2, 0) is 27.4 Å². The van der Waals surface area contributed by atoms with Crippen molar-refractivity contribution in [1.29, 1.82) is 0 Å². The van der Waals surface area contributed by atoms with E-state index in [1.54, 1.807) is 12.4 Å². The SMILES string of the molecule is Cc1ccc(CNC(=O)Cn2cc([C@@H]3OCCC[C@H]3C(=O)O)cn2)cc1. The number of carbonyl (C=O) groups excluding carboxylic acids is 1. The first kappa shape index (κ1) is 18.1. The summed E-state index contributed by atoms with van der Waals surface area (Å²) in [6, 6.07) is 7.97. The maximum absolute atomic E-state index is 12.1. The Balaban J connectivity index is 1.56. The number of hydrogen-bond donors (Lipinski definition) is 2. The highest BCUT2D eigenvalue weighted by Gasteiger charge is 2.33. The molecule has 7 heteroatoms. The molecule has 1 aliphatic heterocycles. The van der Waals surface area contributed by atoms with Crippen LogP contribution in [0.5, 0.6) is 0 Å². The molecule has 0 unspecified atom stereocenters. The number of carboxylic acids is 1. The molecule has 2 atom stereocenters. The van der Waals surface area contributed by atoms with Crippen LogP contribution in [0.15, 0.2) is 36.7 Å². The monoisotopic (exact) mass is 357 g/mol. The van der Waals surface area contributed by atoms with Gasteiger partial charge in [-0.1, -0.05) is 29.8 Å². The Morgan fingerprint density at radius 1 is 1.35 bits per heavy atom. The van der Waals surface area contributed by atoms with Gasteiger partial charge >= 0.3 is 5.97 Å². The summed E-state index contributed by atoms with van der Waals surface area (Å²) in [5.41, 5.74) is 2.90. The van der Waals surface area contributed by atoms with E-state index < -0.39 is 18.0 Å². The molecule has 2 N–H and O–H groups in total. The van der Waals surface area contributed by atoms with Gasteiger partial charge in [-0.05, 0) is 25.3 Å². The summed E-state index contributed by atoms with van der Waals surface area (Å²) in [6.07, 6.45) is 4.09. The van der Waals surface area contributed by atoms with Gasteiger partial charge in [0.15, 0.2) is 0 Å². The van der Waals surface area contributed by atoms with E-state index in [4.69, 9.17) is 4.74 Å². The molecule has 2 heterocycles. The van der Waals surface area contributed by atoms with Crippen molar-refractivity contribution >= 4 is 11.9 Å². The standard InChI is InChI=1S/C19H23N3O4/c1-13-4-6-14(7-5-13)9-20-17(23)12-22-11-15(10-21-22)18-16(19(24)25)3-2-8-26-18/h4-7,10-11,16,18H,2-3,8-9,12H2,1H3,(H,20,23)(H,24,25)/t16-,18+/m1/s1. The molecule has 138 valence electrons. The van der Waals surface area contributed by atoms with Crippen LogP contribution < -0.4 is 5.32 Å². The lowest BCUT2D eigenvalue weighted by atomic mass is 9.91. The Bertz CT molecular complexity index is 769. The zero-order valence-corrected chi connectivity index (χ0v) is 14.7. The Morgan fingerprint density at radius 2 is 2.12 bits per heavy atom. The molecular weight excluding hydrogens is 334 g/mol. The maximum atomic E-state index is 12.1. The van der Waals surface area contributed by atoms with Gasteiger partial charge in [-0.25, -0.2) is 0 Å². The summed E-state index contributed by atoms with van der Waals surface area (Å²) in [7, 11) is 0. The number of benzene rings is 1. The minimum absolute atomic E-state index is 0.0797. The lowest BCUT2D eigenvalue weighted by Gasteiger charge is -2.28. The molecule has 0 saturated carbocycles. The van der Waals surface area contributed by atoms with E-state index in [2.05, 4.69) is 10.4 Å². The van der Waals surface area contributed by atoms with Crippen molar-refractivity contribution in [3.63, 3.8) is 0 Å². The second kappa shape index (κ2) is 8.14. The molecular formula is C19H23N3O4. The Kier molecular flexibility index (Phi) is 5.68. The number of aromatic nitrogens is 2. The summed E-state index contributed by atoms with van der Waals surface area (Å²) >= 11 is 0. The van der Waals surface area contributed by atoms with Gasteiger partial charge in [0.2, 0.25) is 5.91 Å². The highest BCUT2D eigenvalue weighted by Crippen LogP contribution is 2.33. The van der Waals surface area contributed by atoms with Gasteiger partial charge in [0, 0.05) is 24.9 Å². The molecule has 1 fully saturated rings. The van der Waals surface area contributed by atoms with E-state index in [-0.39, 0.29) is 12.5 Å². The smallest absolute Gasteiger partial charge is 0.309 e. The number of aryl methyl sites for hydroxylation is 1. The molecule has 0 bridgehead atoms. The van der Waals surface area contributed by atoms with Crippen molar-refractivity contribution in [2.75, 3.05) is 6.61 Å². The molecule has 1 aromatic heterocycles. The number of hydrogen-bond acceptors (Lipinski definition) is 4. The zero-order chi connectivity index (χ0) is 18.5. The first-order chi connectivity index (χ1) is 12.5. The van der Waals surface area contributed by atoms with Crippen molar-refractivity contribution in [3.8, 4) is 0 Å². The van der Waals surface area contributed by atoms with Crippen molar-refractivity contribution in [2.45, 2.75) is 39.0 Å². The van der Waals surface area contributed by atoms with Gasteiger partial charge < -0.3 is 15.2 Å².